The highest BCUT2D eigenvalue weighted by atomic mass is 79.9. The Morgan fingerprint density at radius 3 is 3.13 bits per heavy atom. The lowest BCUT2D eigenvalue weighted by Gasteiger charge is -2.29. The number of Topliss-reactive ketones (excluding diaryl/α,β-unsaturated/α-hetero) is 1. The van der Waals surface area contributed by atoms with Gasteiger partial charge in [-0.1, -0.05) is 25.8 Å². The van der Waals surface area contributed by atoms with E-state index in [1.807, 2.05) is 12.3 Å². The fourth-order valence-electron chi connectivity index (χ4n) is 4.98. The molecule has 122 valence electrons. The Labute approximate surface area is 145 Å². The number of rotatable bonds is 2. The molecular formula is C19H23BrN2O. The first-order valence-electron chi connectivity index (χ1n) is 8.75. The Hall–Kier alpha value is -1.16. The second kappa shape index (κ2) is 5.73. The highest BCUT2D eigenvalue weighted by molar-refractivity contribution is 9.18. The van der Waals surface area contributed by atoms with E-state index in [-0.39, 0.29) is 5.41 Å². The molecular weight excluding hydrogens is 352 g/mol. The molecule has 23 heavy (non-hydrogen) atoms. The number of aliphatic imine (C=N–C) groups is 1. The van der Waals surface area contributed by atoms with Crippen molar-refractivity contribution >= 4 is 32.0 Å². The summed E-state index contributed by atoms with van der Waals surface area (Å²) in [5.41, 5.74) is 2.53. The lowest BCUT2D eigenvalue weighted by Crippen LogP contribution is -2.32. The van der Waals surface area contributed by atoms with Gasteiger partial charge in [-0.3, -0.25) is 4.79 Å². The molecule has 1 aromatic rings. The Morgan fingerprint density at radius 2 is 2.26 bits per heavy atom. The van der Waals surface area contributed by atoms with Crippen LogP contribution in [0, 0.1) is 17.3 Å². The minimum atomic E-state index is -0.197. The summed E-state index contributed by atoms with van der Waals surface area (Å²) in [4.78, 5) is 21.4. The van der Waals surface area contributed by atoms with Crippen LogP contribution in [-0.4, -0.2) is 15.4 Å². The second-order valence-electron chi connectivity index (χ2n) is 7.49. The summed E-state index contributed by atoms with van der Waals surface area (Å²) in [6.45, 7) is 2.20. The Bertz CT molecular complexity index is 702. The molecule has 4 rings (SSSR count). The van der Waals surface area contributed by atoms with Gasteiger partial charge in [0.1, 0.15) is 4.62 Å². The summed E-state index contributed by atoms with van der Waals surface area (Å²) in [7, 11) is 0. The normalized spacial score (nSPS) is 34.3. The van der Waals surface area contributed by atoms with Gasteiger partial charge in [-0.15, -0.1) is 0 Å². The van der Waals surface area contributed by atoms with Crippen molar-refractivity contribution in [2.45, 2.75) is 51.9 Å². The standard InChI is InChI=1S/C19H23BrN2O/c1-19(10-9-12-5-4-6-14(12)19)18(23)13-11-21-15-7-2-3-8-16(20)22-17(13)15/h3,8,11-12,14,21H,2,4-7,9-10H2,1H3/b8-3-,22-16?/t12-,14-,19?/m0/s1. The van der Waals surface area contributed by atoms with Crippen LogP contribution in [0.5, 0.6) is 0 Å². The van der Waals surface area contributed by atoms with Crippen LogP contribution < -0.4 is 0 Å². The quantitative estimate of drug-likeness (QED) is 0.697. The molecule has 0 saturated heterocycles. The average molecular weight is 375 g/mol. The summed E-state index contributed by atoms with van der Waals surface area (Å²) in [6.07, 6.45) is 13.9. The molecule has 2 heterocycles. The number of aryl methyl sites for hydroxylation is 1. The predicted octanol–water partition coefficient (Wildman–Crippen LogP) is 5.34. The van der Waals surface area contributed by atoms with E-state index in [1.165, 1.54) is 25.7 Å². The molecule has 3 aliphatic rings. The number of halogens is 1. The molecule has 2 saturated carbocycles. The largest absolute Gasteiger partial charge is 0.362 e. The summed E-state index contributed by atoms with van der Waals surface area (Å²) in [5, 5.41) is 0. The maximum Gasteiger partial charge on any atom is 0.172 e. The van der Waals surface area contributed by atoms with E-state index in [0.717, 1.165) is 46.7 Å². The van der Waals surface area contributed by atoms with Crippen LogP contribution >= 0.6 is 15.9 Å². The fourth-order valence-corrected chi connectivity index (χ4v) is 5.35. The number of nitrogens with zero attached hydrogens (tertiary/aromatic N) is 1. The number of hydrogen-bond donors (Lipinski definition) is 1. The van der Waals surface area contributed by atoms with Gasteiger partial charge in [-0.25, -0.2) is 4.99 Å². The SMILES string of the molecule is CC1(C(=O)c2c[nH]c3c2N=C(Br)/C=C\CC3)CC[C@@H]2CCC[C@@H]21. The van der Waals surface area contributed by atoms with Crippen LogP contribution in [0.4, 0.5) is 5.69 Å². The lowest BCUT2D eigenvalue weighted by molar-refractivity contribution is 0.0741. The van der Waals surface area contributed by atoms with E-state index in [1.54, 1.807) is 0 Å². The fraction of sp³-hybridized carbons (Fsp3) is 0.579. The molecule has 0 radical (unpaired) electrons. The third-order valence-electron chi connectivity index (χ3n) is 6.24. The number of nitrogens with one attached hydrogen (secondary N) is 1. The number of aromatic amines is 1. The number of allylic oxidation sites excluding steroid dienone is 2. The zero-order valence-electron chi connectivity index (χ0n) is 13.6. The molecule has 0 spiro atoms. The molecule has 1 aliphatic heterocycles. The first kappa shape index (κ1) is 15.4. The first-order chi connectivity index (χ1) is 11.1. The number of aromatic nitrogens is 1. The van der Waals surface area contributed by atoms with Gasteiger partial charge in [0.2, 0.25) is 0 Å². The van der Waals surface area contributed by atoms with E-state index in [0.29, 0.717) is 11.7 Å². The predicted molar refractivity (Wildman–Crippen MR) is 96.8 cm³/mol. The van der Waals surface area contributed by atoms with Crippen LogP contribution in [0.25, 0.3) is 0 Å². The van der Waals surface area contributed by atoms with Crippen molar-refractivity contribution in [2.75, 3.05) is 0 Å². The van der Waals surface area contributed by atoms with E-state index in [2.05, 4.69) is 38.9 Å². The highest BCUT2D eigenvalue weighted by Crippen LogP contribution is 2.56. The second-order valence-corrected chi connectivity index (χ2v) is 8.30. The van der Waals surface area contributed by atoms with Crippen molar-refractivity contribution in [3.05, 3.63) is 29.6 Å². The smallest absolute Gasteiger partial charge is 0.172 e. The topological polar surface area (TPSA) is 45.2 Å². The van der Waals surface area contributed by atoms with Gasteiger partial charge in [0.05, 0.1) is 11.3 Å². The van der Waals surface area contributed by atoms with E-state index < -0.39 is 0 Å². The van der Waals surface area contributed by atoms with Crippen LogP contribution in [0.3, 0.4) is 0 Å². The van der Waals surface area contributed by atoms with Crippen molar-refractivity contribution < 1.29 is 4.79 Å². The number of ketones is 1. The van der Waals surface area contributed by atoms with Gasteiger partial charge in [-0.05, 0) is 65.9 Å². The molecule has 3 nitrogen and oxygen atoms in total. The summed E-state index contributed by atoms with van der Waals surface area (Å²) < 4.78 is 0.794. The molecule has 1 aromatic heterocycles. The number of H-pyrrole nitrogens is 1. The van der Waals surface area contributed by atoms with Crippen LogP contribution in [-0.2, 0) is 6.42 Å². The minimum absolute atomic E-state index is 0.197. The van der Waals surface area contributed by atoms with Crippen molar-refractivity contribution in [2.24, 2.45) is 22.2 Å². The number of hydrogen-bond acceptors (Lipinski definition) is 2. The van der Waals surface area contributed by atoms with Gasteiger partial charge in [-0.2, -0.15) is 0 Å². The number of carbonyl (C=O) groups is 1. The summed E-state index contributed by atoms with van der Waals surface area (Å²) in [5.74, 6) is 1.64. The monoisotopic (exact) mass is 374 g/mol. The average Bonchev–Trinajstić information content (AvgIpc) is 3.19. The molecule has 2 aliphatic carbocycles. The van der Waals surface area contributed by atoms with E-state index in [9.17, 15) is 4.79 Å². The lowest BCUT2D eigenvalue weighted by atomic mass is 9.72. The summed E-state index contributed by atoms with van der Waals surface area (Å²) in [6, 6.07) is 0. The maximum atomic E-state index is 13.4. The third kappa shape index (κ3) is 2.46. The van der Waals surface area contributed by atoms with Crippen molar-refractivity contribution in [3.63, 3.8) is 0 Å². The van der Waals surface area contributed by atoms with Crippen LogP contribution in [0.15, 0.2) is 23.3 Å². The zero-order valence-corrected chi connectivity index (χ0v) is 15.2. The molecule has 0 amide bonds. The molecule has 1 unspecified atom stereocenters. The Balaban J connectivity index is 1.73. The third-order valence-corrected chi connectivity index (χ3v) is 6.68. The van der Waals surface area contributed by atoms with E-state index in [4.69, 9.17) is 0 Å². The highest BCUT2D eigenvalue weighted by Gasteiger charge is 2.52. The first-order valence-corrected chi connectivity index (χ1v) is 9.54. The summed E-state index contributed by atoms with van der Waals surface area (Å²) >= 11 is 3.49. The Kier molecular flexibility index (Phi) is 3.83. The zero-order chi connectivity index (χ0) is 16.0. The van der Waals surface area contributed by atoms with E-state index >= 15 is 0 Å². The van der Waals surface area contributed by atoms with Crippen molar-refractivity contribution in [3.8, 4) is 0 Å². The van der Waals surface area contributed by atoms with Crippen molar-refractivity contribution in [1.29, 1.82) is 0 Å². The van der Waals surface area contributed by atoms with Gasteiger partial charge in [0, 0.05) is 17.3 Å². The van der Waals surface area contributed by atoms with Gasteiger partial charge in [0.15, 0.2) is 5.78 Å². The van der Waals surface area contributed by atoms with Gasteiger partial charge >= 0.3 is 0 Å². The van der Waals surface area contributed by atoms with Crippen LogP contribution in [0.1, 0.15) is 61.5 Å². The molecule has 4 heteroatoms. The Morgan fingerprint density at radius 1 is 1.39 bits per heavy atom. The molecule has 2 fully saturated rings. The minimum Gasteiger partial charge on any atom is -0.362 e. The number of fused-ring (bicyclic) bond motifs is 2. The number of carbonyl (C=O) groups excluding carboxylic acids is 1. The molecule has 1 N–H and O–H groups in total. The van der Waals surface area contributed by atoms with Crippen LogP contribution in [0.2, 0.25) is 0 Å². The molecule has 0 aromatic carbocycles. The maximum absolute atomic E-state index is 13.4. The van der Waals surface area contributed by atoms with Gasteiger partial charge < -0.3 is 4.98 Å². The van der Waals surface area contributed by atoms with Crippen molar-refractivity contribution in [1.82, 2.24) is 4.98 Å². The molecule has 0 bridgehead atoms. The van der Waals surface area contributed by atoms with Gasteiger partial charge in [0.25, 0.3) is 0 Å². The molecule has 3 atom stereocenters.